The van der Waals surface area contributed by atoms with Gasteiger partial charge in [0.05, 0.1) is 0 Å². The van der Waals surface area contributed by atoms with E-state index in [-0.39, 0.29) is 0 Å². The van der Waals surface area contributed by atoms with E-state index in [1.54, 1.807) is 0 Å². The molecule has 1 saturated heterocycles. The molecule has 1 aromatic rings. The number of aromatic nitrogens is 2. The van der Waals surface area contributed by atoms with Gasteiger partial charge in [0, 0.05) is 51.8 Å². The van der Waals surface area contributed by atoms with Crippen molar-refractivity contribution in [1.29, 1.82) is 0 Å². The fraction of sp³-hybridized carbons (Fsp3) is 0.733. The smallest absolute Gasteiger partial charge is 0.134 e. The SMILES string of the molecule is CCCc1nc(N)cc(N2CCN(CCN(C)C)CC2)n1. The van der Waals surface area contributed by atoms with Gasteiger partial charge in [0.25, 0.3) is 0 Å². The predicted octanol–water partition coefficient (Wildman–Crippen LogP) is 0.695. The van der Waals surface area contributed by atoms with Crippen LogP contribution < -0.4 is 10.6 Å². The van der Waals surface area contributed by atoms with Crippen LogP contribution in [0.2, 0.25) is 0 Å². The molecule has 118 valence electrons. The minimum absolute atomic E-state index is 0.582. The Morgan fingerprint density at radius 1 is 1.19 bits per heavy atom. The molecule has 21 heavy (non-hydrogen) atoms. The third-order valence-electron chi connectivity index (χ3n) is 3.81. The third kappa shape index (κ3) is 4.82. The van der Waals surface area contributed by atoms with Gasteiger partial charge in [-0.15, -0.1) is 0 Å². The van der Waals surface area contributed by atoms with Crippen LogP contribution in [0.3, 0.4) is 0 Å². The van der Waals surface area contributed by atoms with Gasteiger partial charge in [-0.05, 0) is 20.5 Å². The lowest BCUT2D eigenvalue weighted by molar-refractivity contribution is 0.229. The topological polar surface area (TPSA) is 61.5 Å². The predicted molar refractivity (Wildman–Crippen MR) is 87.6 cm³/mol. The Morgan fingerprint density at radius 3 is 2.52 bits per heavy atom. The summed E-state index contributed by atoms with van der Waals surface area (Å²) in [7, 11) is 4.24. The van der Waals surface area contributed by atoms with Crippen molar-refractivity contribution in [1.82, 2.24) is 19.8 Å². The second-order valence-electron chi connectivity index (χ2n) is 5.95. The van der Waals surface area contributed by atoms with Crippen LogP contribution in [0.1, 0.15) is 19.2 Å². The Bertz CT molecular complexity index is 440. The Kier molecular flexibility index (Phi) is 5.76. The van der Waals surface area contributed by atoms with Gasteiger partial charge in [-0.25, -0.2) is 9.97 Å². The molecule has 0 aromatic carbocycles. The molecule has 0 atom stereocenters. The van der Waals surface area contributed by atoms with E-state index < -0.39 is 0 Å². The van der Waals surface area contributed by atoms with Crippen LogP contribution in [0.25, 0.3) is 0 Å². The van der Waals surface area contributed by atoms with Crippen molar-refractivity contribution in [2.24, 2.45) is 0 Å². The number of hydrogen-bond donors (Lipinski definition) is 1. The number of nitrogens with zero attached hydrogens (tertiary/aromatic N) is 5. The standard InChI is InChI=1S/C15H28N6/c1-4-5-14-17-13(16)12-15(18-14)21-10-8-20(9-11-21)7-6-19(2)3/h12H,4-11H2,1-3H3,(H2,16,17,18). The molecule has 2 N–H and O–H groups in total. The van der Waals surface area contributed by atoms with E-state index in [0.717, 1.165) is 63.8 Å². The summed E-state index contributed by atoms with van der Waals surface area (Å²) < 4.78 is 0. The van der Waals surface area contributed by atoms with Crippen molar-refractivity contribution in [3.63, 3.8) is 0 Å². The maximum absolute atomic E-state index is 5.91. The van der Waals surface area contributed by atoms with E-state index in [1.807, 2.05) is 6.07 Å². The summed E-state index contributed by atoms with van der Waals surface area (Å²) in [6.45, 7) is 8.57. The molecule has 0 amide bonds. The van der Waals surface area contributed by atoms with Crippen LogP contribution in [-0.4, -0.2) is 73.1 Å². The van der Waals surface area contributed by atoms with Gasteiger partial charge in [-0.1, -0.05) is 6.92 Å². The van der Waals surface area contributed by atoms with Crippen LogP contribution in [0.4, 0.5) is 11.6 Å². The molecule has 0 saturated carbocycles. The van der Waals surface area contributed by atoms with Gasteiger partial charge in [-0.3, -0.25) is 4.90 Å². The number of rotatable bonds is 6. The molecule has 0 spiro atoms. The second-order valence-corrected chi connectivity index (χ2v) is 5.95. The van der Waals surface area contributed by atoms with Crippen molar-refractivity contribution in [3.05, 3.63) is 11.9 Å². The molecule has 1 aliphatic heterocycles. The molecule has 2 heterocycles. The van der Waals surface area contributed by atoms with Gasteiger partial charge >= 0.3 is 0 Å². The minimum atomic E-state index is 0.582. The van der Waals surface area contributed by atoms with Crippen molar-refractivity contribution >= 4 is 11.6 Å². The zero-order valence-corrected chi connectivity index (χ0v) is 13.5. The van der Waals surface area contributed by atoms with Crippen molar-refractivity contribution in [2.45, 2.75) is 19.8 Å². The minimum Gasteiger partial charge on any atom is -0.384 e. The maximum Gasteiger partial charge on any atom is 0.134 e. The van der Waals surface area contributed by atoms with E-state index >= 15 is 0 Å². The lowest BCUT2D eigenvalue weighted by Crippen LogP contribution is -2.48. The quantitative estimate of drug-likeness (QED) is 0.832. The highest BCUT2D eigenvalue weighted by atomic mass is 15.3. The molecule has 0 aliphatic carbocycles. The van der Waals surface area contributed by atoms with E-state index in [1.165, 1.54) is 0 Å². The van der Waals surface area contributed by atoms with Crippen LogP contribution >= 0.6 is 0 Å². The first kappa shape index (κ1) is 16.0. The molecule has 0 unspecified atom stereocenters. The molecule has 0 bridgehead atoms. The highest BCUT2D eigenvalue weighted by Crippen LogP contribution is 2.17. The monoisotopic (exact) mass is 292 g/mol. The molecule has 0 radical (unpaired) electrons. The number of hydrogen-bond acceptors (Lipinski definition) is 6. The van der Waals surface area contributed by atoms with Crippen molar-refractivity contribution < 1.29 is 0 Å². The molecular weight excluding hydrogens is 264 g/mol. The first-order valence-electron chi connectivity index (χ1n) is 7.84. The summed E-state index contributed by atoms with van der Waals surface area (Å²) in [4.78, 5) is 16.0. The highest BCUT2D eigenvalue weighted by Gasteiger charge is 2.18. The van der Waals surface area contributed by atoms with Crippen LogP contribution in [-0.2, 0) is 6.42 Å². The summed E-state index contributed by atoms with van der Waals surface area (Å²) >= 11 is 0. The zero-order chi connectivity index (χ0) is 15.2. The molecule has 1 aliphatic rings. The zero-order valence-electron chi connectivity index (χ0n) is 13.5. The average molecular weight is 292 g/mol. The van der Waals surface area contributed by atoms with Gasteiger partial charge in [-0.2, -0.15) is 0 Å². The number of nitrogens with two attached hydrogens (primary N) is 1. The number of anilines is 2. The molecule has 1 fully saturated rings. The summed E-state index contributed by atoms with van der Waals surface area (Å²) in [5.41, 5.74) is 5.91. The lowest BCUT2D eigenvalue weighted by atomic mass is 10.3. The number of nitrogen functional groups attached to an aromatic ring is 1. The first-order valence-corrected chi connectivity index (χ1v) is 7.84. The van der Waals surface area contributed by atoms with E-state index in [0.29, 0.717) is 5.82 Å². The summed E-state index contributed by atoms with van der Waals surface area (Å²) in [6.07, 6.45) is 1.93. The normalized spacial score (nSPS) is 16.7. The fourth-order valence-corrected chi connectivity index (χ4v) is 2.54. The van der Waals surface area contributed by atoms with Gasteiger partial charge in [0.2, 0.25) is 0 Å². The van der Waals surface area contributed by atoms with Gasteiger partial charge in [0.15, 0.2) is 0 Å². The fourth-order valence-electron chi connectivity index (χ4n) is 2.54. The lowest BCUT2D eigenvalue weighted by Gasteiger charge is -2.36. The largest absolute Gasteiger partial charge is 0.384 e. The Hall–Kier alpha value is -1.40. The Balaban J connectivity index is 1.92. The average Bonchev–Trinajstić information content (AvgIpc) is 2.45. The summed E-state index contributed by atoms with van der Waals surface area (Å²) in [5.74, 6) is 2.43. The van der Waals surface area contributed by atoms with Gasteiger partial charge < -0.3 is 15.5 Å². The molecule has 2 rings (SSSR count). The van der Waals surface area contributed by atoms with Crippen LogP contribution in [0, 0.1) is 0 Å². The molecule has 6 heteroatoms. The van der Waals surface area contributed by atoms with Gasteiger partial charge in [0.1, 0.15) is 17.5 Å². The highest BCUT2D eigenvalue weighted by molar-refractivity contribution is 5.47. The van der Waals surface area contributed by atoms with Crippen LogP contribution in [0.5, 0.6) is 0 Å². The van der Waals surface area contributed by atoms with Crippen LogP contribution in [0.15, 0.2) is 6.07 Å². The molecular formula is C15H28N6. The maximum atomic E-state index is 5.91. The number of piperazine rings is 1. The number of likely N-dealkylation sites (N-methyl/N-ethyl adjacent to an activating group) is 1. The van der Waals surface area contributed by atoms with E-state index in [4.69, 9.17) is 5.73 Å². The summed E-state index contributed by atoms with van der Waals surface area (Å²) in [5, 5.41) is 0. The van der Waals surface area contributed by atoms with E-state index in [2.05, 4.69) is 45.7 Å². The second kappa shape index (κ2) is 7.56. The Morgan fingerprint density at radius 2 is 1.90 bits per heavy atom. The first-order chi connectivity index (χ1) is 10.1. The third-order valence-corrected chi connectivity index (χ3v) is 3.81. The van der Waals surface area contributed by atoms with Crippen molar-refractivity contribution in [3.8, 4) is 0 Å². The molecule has 1 aromatic heterocycles. The summed E-state index contributed by atoms with van der Waals surface area (Å²) in [6, 6.07) is 1.90. The van der Waals surface area contributed by atoms with E-state index in [9.17, 15) is 0 Å². The Labute approximate surface area is 127 Å². The molecule has 6 nitrogen and oxygen atoms in total. The number of aryl methyl sites for hydroxylation is 1. The van der Waals surface area contributed by atoms with Crippen molar-refractivity contribution in [2.75, 3.05) is 64.0 Å².